The highest BCUT2D eigenvalue weighted by atomic mass is 35.5. The highest BCUT2D eigenvalue weighted by molar-refractivity contribution is 6.31. The van der Waals surface area contributed by atoms with Crippen molar-refractivity contribution < 1.29 is 10.2 Å². The summed E-state index contributed by atoms with van der Waals surface area (Å²) in [6.45, 7) is 2.95. The van der Waals surface area contributed by atoms with Gasteiger partial charge in [-0.2, -0.15) is 0 Å². The Morgan fingerprint density at radius 1 is 1.47 bits per heavy atom. The molecule has 1 atom stereocenters. The fraction of sp³-hybridized carbons (Fsp3) is 0.455. The number of halogens is 1. The van der Waals surface area contributed by atoms with Crippen LogP contribution >= 0.6 is 11.6 Å². The van der Waals surface area contributed by atoms with Gasteiger partial charge < -0.3 is 15.5 Å². The van der Waals surface area contributed by atoms with Crippen molar-refractivity contribution >= 4 is 11.6 Å². The number of hydrogen-bond acceptors (Lipinski definition) is 3. The Morgan fingerprint density at radius 2 is 2.20 bits per heavy atom. The van der Waals surface area contributed by atoms with Crippen LogP contribution in [0.5, 0.6) is 5.75 Å². The van der Waals surface area contributed by atoms with Crippen molar-refractivity contribution in [2.24, 2.45) is 0 Å². The second-order valence-corrected chi connectivity index (χ2v) is 3.96. The Kier molecular flexibility index (Phi) is 4.88. The topological polar surface area (TPSA) is 52.5 Å². The molecule has 15 heavy (non-hydrogen) atoms. The number of aliphatic hydroxyl groups excluding tert-OH is 1. The molecule has 0 aliphatic rings. The molecule has 0 aliphatic carbocycles. The Balaban J connectivity index is 2.43. The van der Waals surface area contributed by atoms with Crippen LogP contribution in [0.4, 0.5) is 0 Å². The molecule has 0 saturated heterocycles. The SMILES string of the molecule is CC(O)CCNCc1c(O)cccc1Cl. The summed E-state index contributed by atoms with van der Waals surface area (Å²) in [5, 5.41) is 22.2. The van der Waals surface area contributed by atoms with Crippen molar-refractivity contribution in [3.05, 3.63) is 28.8 Å². The summed E-state index contributed by atoms with van der Waals surface area (Å²) in [6.07, 6.45) is 0.378. The van der Waals surface area contributed by atoms with E-state index >= 15 is 0 Å². The molecule has 0 radical (unpaired) electrons. The fourth-order valence-electron chi connectivity index (χ4n) is 1.25. The molecule has 0 heterocycles. The largest absolute Gasteiger partial charge is 0.508 e. The van der Waals surface area contributed by atoms with Gasteiger partial charge in [-0.1, -0.05) is 17.7 Å². The number of rotatable bonds is 5. The molecular formula is C11H16ClNO2. The Morgan fingerprint density at radius 3 is 2.80 bits per heavy atom. The summed E-state index contributed by atoms with van der Waals surface area (Å²) in [7, 11) is 0. The van der Waals surface area contributed by atoms with Gasteiger partial charge in [0.15, 0.2) is 0 Å². The summed E-state index contributed by atoms with van der Waals surface area (Å²) in [6, 6.07) is 5.06. The van der Waals surface area contributed by atoms with E-state index in [0.717, 1.165) is 0 Å². The average Bonchev–Trinajstić information content (AvgIpc) is 2.15. The van der Waals surface area contributed by atoms with E-state index in [2.05, 4.69) is 5.32 Å². The van der Waals surface area contributed by atoms with Crippen LogP contribution in [0.3, 0.4) is 0 Å². The maximum atomic E-state index is 9.53. The highest BCUT2D eigenvalue weighted by Gasteiger charge is 2.05. The molecule has 3 N–H and O–H groups in total. The first-order valence-electron chi connectivity index (χ1n) is 4.96. The van der Waals surface area contributed by atoms with E-state index in [1.165, 1.54) is 0 Å². The third kappa shape index (κ3) is 4.08. The number of aliphatic hydroxyl groups is 1. The molecule has 0 saturated carbocycles. The van der Waals surface area contributed by atoms with Crippen LogP contribution in [-0.4, -0.2) is 22.9 Å². The number of benzene rings is 1. The number of nitrogens with one attached hydrogen (secondary N) is 1. The van der Waals surface area contributed by atoms with Gasteiger partial charge in [-0.15, -0.1) is 0 Å². The zero-order chi connectivity index (χ0) is 11.3. The van der Waals surface area contributed by atoms with Crippen LogP contribution in [0.25, 0.3) is 0 Å². The molecule has 4 heteroatoms. The molecule has 3 nitrogen and oxygen atoms in total. The van der Waals surface area contributed by atoms with E-state index in [0.29, 0.717) is 30.1 Å². The van der Waals surface area contributed by atoms with Gasteiger partial charge in [0, 0.05) is 17.1 Å². The van der Waals surface area contributed by atoms with Gasteiger partial charge in [0.25, 0.3) is 0 Å². The minimum absolute atomic E-state index is 0.201. The van der Waals surface area contributed by atoms with Gasteiger partial charge >= 0.3 is 0 Å². The lowest BCUT2D eigenvalue weighted by Gasteiger charge is -2.09. The highest BCUT2D eigenvalue weighted by Crippen LogP contribution is 2.24. The van der Waals surface area contributed by atoms with E-state index in [4.69, 9.17) is 16.7 Å². The van der Waals surface area contributed by atoms with Crippen LogP contribution in [0.2, 0.25) is 5.02 Å². The van der Waals surface area contributed by atoms with E-state index in [1.807, 2.05) is 0 Å². The first-order chi connectivity index (χ1) is 7.11. The second kappa shape index (κ2) is 5.95. The first kappa shape index (κ1) is 12.3. The number of phenols is 1. The predicted octanol–water partition coefficient (Wildman–Crippen LogP) is 1.91. The predicted molar refractivity (Wildman–Crippen MR) is 61.1 cm³/mol. The number of phenolic OH excluding ortho intramolecular Hbond substituents is 1. The smallest absolute Gasteiger partial charge is 0.121 e. The van der Waals surface area contributed by atoms with E-state index in [-0.39, 0.29) is 11.9 Å². The third-order valence-electron chi connectivity index (χ3n) is 2.13. The average molecular weight is 230 g/mol. The molecule has 0 bridgehead atoms. The van der Waals surface area contributed by atoms with Crippen LogP contribution in [-0.2, 0) is 6.54 Å². The van der Waals surface area contributed by atoms with E-state index in [1.54, 1.807) is 25.1 Å². The monoisotopic (exact) mass is 229 g/mol. The zero-order valence-electron chi connectivity index (χ0n) is 8.70. The normalized spacial score (nSPS) is 12.7. The molecule has 1 aromatic rings. The minimum Gasteiger partial charge on any atom is -0.508 e. The minimum atomic E-state index is -0.308. The van der Waals surface area contributed by atoms with Crippen LogP contribution in [0.15, 0.2) is 18.2 Å². The summed E-state index contributed by atoms with van der Waals surface area (Å²) < 4.78 is 0. The lowest BCUT2D eigenvalue weighted by Crippen LogP contribution is -2.18. The number of hydrogen-bond donors (Lipinski definition) is 3. The van der Waals surface area contributed by atoms with Crippen LogP contribution in [0.1, 0.15) is 18.9 Å². The summed E-state index contributed by atoms with van der Waals surface area (Å²) in [5.74, 6) is 0.201. The van der Waals surface area contributed by atoms with Gasteiger partial charge in [0.05, 0.1) is 6.10 Å². The van der Waals surface area contributed by atoms with Crippen molar-refractivity contribution in [1.82, 2.24) is 5.32 Å². The summed E-state index contributed by atoms with van der Waals surface area (Å²) in [5.41, 5.74) is 0.699. The lowest BCUT2D eigenvalue weighted by atomic mass is 10.2. The maximum absolute atomic E-state index is 9.53. The van der Waals surface area contributed by atoms with Crippen molar-refractivity contribution in [3.63, 3.8) is 0 Å². The molecule has 1 rings (SSSR count). The Labute approximate surface area is 94.7 Å². The molecule has 84 valence electrons. The van der Waals surface area contributed by atoms with Gasteiger partial charge in [-0.25, -0.2) is 0 Å². The first-order valence-corrected chi connectivity index (χ1v) is 5.34. The van der Waals surface area contributed by atoms with Crippen molar-refractivity contribution in [3.8, 4) is 5.75 Å². The van der Waals surface area contributed by atoms with Crippen molar-refractivity contribution in [2.75, 3.05) is 6.54 Å². The summed E-state index contributed by atoms with van der Waals surface area (Å²) >= 11 is 5.92. The zero-order valence-corrected chi connectivity index (χ0v) is 9.46. The van der Waals surface area contributed by atoms with Crippen molar-refractivity contribution in [2.45, 2.75) is 26.0 Å². The Bertz CT molecular complexity index is 295. The third-order valence-corrected chi connectivity index (χ3v) is 2.49. The Hall–Kier alpha value is -0.770. The van der Waals surface area contributed by atoms with Crippen LogP contribution in [0, 0.1) is 0 Å². The summed E-state index contributed by atoms with van der Waals surface area (Å²) in [4.78, 5) is 0. The number of aromatic hydroxyl groups is 1. The molecule has 0 aliphatic heterocycles. The molecular weight excluding hydrogens is 214 g/mol. The van der Waals surface area contributed by atoms with Gasteiger partial charge in [-0.3, -0.25) is 0 Å². The lowest BCUT2D eigenvalue weighted by molar-refractivity contribution is 0.183. The van der Waals surface area contributed by atoms with Gasteiger partial charge in [-0.05, 0) is 32.0 Å². The van der Waals surface area contributed by atoms with Gasteiger partial charge in [0.2, 0.25) is 0 Å². The van der Waals surface area contributed by atoms with E-state index in [9.17, 15) is 5.11 Å². The second-order valence-electron chi connectivity index (χ2n) is 3.55. The molecule has 1 aromatic carbocycles. The molecule has 1 unspecified atom stereocenters. The molecule has 0 spiro atoms. The molecule has 0 amide bonds. The fourth-order valence-corrected chi connectivity index (χ4v) is 1.48. The maximum Gasteiger partial charge on any atom is 0.121 e. The van der Waals surface area contributed by atoms with Gasteiger partial charge in [0.1, 0.15) is 5.75 Å². The molecule has 0 aromatic heterocycles. The molecule has 0 fully saturated rings. The van der Waals surface area contributed by atoms with E-state index < -0.39 is 0 Å². The van der Waals surface area contributed by atoms with Crippen LogP contribution < -0.4 is 5.32 Å². The van der Waals surface area contributed by atoms with Crippen molar-refractivity contribution in [1.29, 1.82) is 0 Å². The standard InChI is InChI=1S/C11H16ClNO2/c1-8(14)5-6-13-7-9-10(12)3-2-4-11(9)15/h2-4,8,13-15H,5-7H2,1H3. The quantitative estimate of drug-likeness (QED) is 0.676.